The summed E-state index contributed by atoms with van der Waals surface area (Å²) in [6.07, 6.45) is 2.79. The molecule has 3 atom stereocenters. The summed E-state index contributed by atoms with van der Waals surface area (Å²) in [5.41, 5.74) is 5.81. The smallest absolute Gasteiger partial charge is 0.309 e. The van der Waals surface area contributed by atoms with Gasteiger partial charge in [0.1, 0.15) is 0 Å². The van der Waals surface area contributed by atoms with Crippen LogP contribution in [0, 0.1) is 11.8 Å². The van der Waals surface area contributed by atoms with Crippen molar-refractivity contribution in [2.45, 2.75) is 39.2 Å². The molecule has 0 radical (unpaired) electrons. The summed E-state index contributed by atoms with van der Waals surface area (Å²) in [6, 6.07) is 0.278. The normalized spacial score (nSPS) is 34.2. The minimum atomic E-state index is -0.0399. The van der Waals surface area contributed by atoms with Gasteiger partial charge in [-0.2, -0.15) is 0 Å². The maximum absolute atomic E-state index is 11.5. The number of hydrogen-bond acceptors (Lipinski definition) is 3. The number of esters is 1. The van der Waals surface area contributed by atoms with Crippen LogP contribution in [0.1, 0.15) is 33.1 Å². The summed E-state index contributed by atoms with van der Waals surface area (Å²) >= 11 is 0. The van der Waals surface area contributed by atoms with Crippen molar-refractivity contribution in [3.05, 3.63) is 0 Å². The van der Waals surface area contributed by atoms with Crippen LogP contribution in [-0.2, 0) is 9.53 Å². The molecule has 0 amide bonds. The molecule has 1 rings (SSSR count). The minimum Gasteiger partial charge on any atom is -0.466 e. The highest BCUT2D eigenvalue weighted by Gasteiger charge is 2.31. The van der Waals surface area contributed by atoms with Crippen LogP contribution in [0.2, 0.25) is 0 Å². The van der Waals surface area contributed by atoms with Crippen molar-refractivity contribution in [2.75, 3.05) is 6.61 Å². The first-order valence-electron chi connectivity index (χ1n) is 5.07. The standard InChI is InChI=1S/C10H19NO2/c1-3-13-10(12)9-5-4-8(11)6-7(9)2/h7-9H,3-6,11H2,1-2H3/t7-,8+,9+/m0/s1. The highest BCUT2D eigenvalue weighted by Crippen LogP contribution is 2.29. The van der Waals surface area contributed by atoms with Gasteiger partial charge in [0.15, 0.2) is 0 Å². The fraction of sp³-hybridized carbons (Fsp3) is 0.900. The fourth-order valence-corrected chi connectivity index (χ4v) is 2.04. The molecule has 0 aromatic carbocycles. The average molecular weight is 185 g/mol. The van der Waals surface area contributed by atoms with Crippen molar-refractivity contribution < 1.29 is 9.53 Å². The number of carbonyl (C=O) groups is 1. The van der Waals surface area contributed by atoms with E-state index in [2.05, 4.69) is 6.92 Å². The zero-order valence-electron chi connectivity index (χ0n) is 8.45. The van der Waals surface area contributed by atoms with Gasteiger partial charge >= 0.3 is 5.97 Å². The van der Waals surface area contributed by atoms with Gasteiger partial charge in [0, 0.05) is 6.04 Å². The fourth-order valence-electron chi connectivity index (χ4n) is 2.04. The molecule has 0 bridgehead atoms. The van der Waals surface area contributed by atoms with Crippen LogP contribution in [-0.4, -0.2) is 18.6 Å². The van der Waals surface area contributed by atoms with Gasteiger partial charge in [-0.15, -0.1) is 0 Å². The molecular weight excluding hydrogens is 166 g/mol. The van der Waals surface area contributed by atoms with Crippen molar-refractivity contribution >= 4 is 5.97 Å². The van der Waals surface area contributed by atoms with E-state index in [1.54, 1.807) is 0 Å². The quantitative estimate of drug-likeness (QED) is 0.660. The number of ether oxygens (including phenoxy) is 1. The van der Waals surface area contributed by atoms with Crippen molar-refractivity contribution in [2.24, 2.45) is 17.6 Å². The van der Waals surface area contributed by atoms with E-state index in [4.69, 9.17) is 10.5 Å². The molecule has 0 aromatic rings. The molecule has 0 aromatic heterocycles. The zero-order valence-corrected chi connectivity index (χ0v) is 8.45. The molecule has 0 unspecified atom stereocenters. The minimum absolute atomic E-state index is 0.0399. The van der Waals surface area contributed by atoms with Crippen LogP contribution in [0.25, 0.3) is 0 Å². The maximum atomic E-state index is 11.5. The third-order valence-corrected chi connectivity index (χ3v) is 2.80. The molecule has 1 fully saturated rings. The first-order chi connectivity index (χ1) is 6.15. The van der Waals surface area contributed by atoms with E-state index in [1.165, 1.54) is 0 Å². The van der Waals surface area contributed by atoms with Gasteiger partial charge in [-0.1, -0.05) is 6.92 Å². The van der Waals surface area contributed by atoms with Crippen LogP contribution in [0.5, 0.6) is 0 Å². The second-order valence-electron chi connectivity index (χ2n) is 3.91. The third-order valence-electron chi connectivity index (χ3n) is 2.80. The Labute approximate surface area is 79.6 Å². The zero-order chi connectivity index (χ0) is 9.84. The van der Waals surface area contributed by atoms with E-state index < -0.39 is 0 Å². The number of hydrogen-bond donors (Lipinski definition) is 1. The summed E-state index contributed by atoms with van der Waals surface area (Å²) in [7, 11) is 0. The van der Waals surface area contributed by atoms with Gasteiger partial charge in [-0.25, -0.2) is 0 Å². The van der Waals surface area contributed by atoms with Crippen LogP contribution in [0.4, 0.5) is 0 Å². The lowest BCUT2D eigenvalue weighted by atomic mass is 9.78. The van der Waals surface area contributed by atoms with Crippen LogP contribution < -0.4 is 5.73 Å². The molecular formula is C10H19NO2. The predicted molar refractivity (Wildman–Crippen MR) is 51.1 cm³/mol. The second kappa shape index (κ2) is 4.61. The van der Waals surface area contributed by atoms with Gasteiger partial charge in [0.2, 0.25) is 0 Å². The summed E-state index contributed by atoms with van der Waals surface area (Å²) in [4.78, 5) is 11.5. The van der Waals surface area contributed by atoms with E-state index in [0.29, 0.717) is 12.5 Å². The summed E-state index contributed by atoms with van der Waals surface area (Å²) in [5.74, 6) is 0.421. The summed E-state index contributed by atoms with van der Waals surface area (Å²) < 4.78 is 5.01. The van der Waals surface area contributed by atoms with Gasteiger partial charge < -0.3 is 10.5 Å². The van der Waals surface area contributed by atoms with E-state index in [0.717, 1.165) is 19.3 Å². The van der Waals surface area contributed by atoms with E-state index >= 15 is 0 Å². The molecule has 1 aliphatic carbocycles. The summed E-state index contributed by atoms with van der Waals surface area (Å²) in [6.45, 7) is 4.41. The van der Waals surface area contributed by atoms with E-state index in [-0.39, 0.29) is 17.9 Å². The Morgan fingerprint density at radius 2 is 2.23 bits per heavy atom. The maximum Gasteiger partial charge on any atom is 0.309 e. The Morgan fingerprint density at radius 1 is 1.54 bits per heavy atom. The first kappa shape index (κ1) is 10.5. The van der Waals surface area contributed by atoms with Crippen LogP contribution in [0.3, 0.4) is 0 Å². The topological polar surface area (TPSA) is 52.3 Å². The molecule has 1 saturated carbocycles. The van der Waals surface area contributed by atoms with Gasteiger partial charge in [0.25, 0.3) is 0 Å². The largest absolute Gasteiger partial charge is 0.466 e. The third kappa shape index (κ3) is 2.69. The Kier molecular flexibility index (Phi) is 3.72. The Balaban J connectivity index is 2.45. The Morgan fingerprint density at radius 3 is 2.77 bits per heavy atom. The highest BCUT2D eigenvalue weighted by molar-refractivity contribution is 5.72. The van der Waals surface area contributed by atoms with Gasteiger partial charge in [0.05, 0.1) is 12.5 Å². The molecule has 1 aliphatic rings. The number of nitrogens with two attached hydrogens (primary N) is 1. The van der Waals surface area contributed by atoms with E-state index in [9.17, 15) is 4.79 Å². The Bertz CT molecular complexity index is 182. The molecule has 2 N–H and O–H groups in total. The highest BCUT2D eigenvalue weighted by atomic mass is 16.5. The van der Waals surface area contributed by atoms with Crippen LogP contribution in [0.15, 0.2) is 0 Å². The van der Waals surface area contributed by atoms with Crippen LogP contribution >= 0.6 is 0 Å². The van der Waals surface area contributed by atoms with Crippen molar-refractivity contribution in [3.8, 4) is 0 Å². The van der Waals surface area contributed by atoms with Crippen molar-refractivity contribution in [1.82, 2.24) is 0 Å². The van der Waals surface area contributed by atoms with Gasteiger partial charge in [-0.3, -0.25) is 4.79 Å². The first-order valence-corrected chi connectivity index (χ1v) is 5.07. The lowest BCUT2D eigenvalue weighted by Crippen LogP contribution is -2.36. The molecule has 13 heavy (non-hydrogen) atoms. The second-order valence-corrected chi connectivity index (χ2v) is 3.91. The molecule has 0 saturated heterocycles. The molecule has 3 heteroatoms. The number of rotatable bonds is 2. The SMILES string of the molecule is CCOC(=O)[C@@H]1CC[C@@H](N)C[C@@H]1C. The van der Waals surface area contributed by atoms with Crippen molar-refractivity contribution in [3.63, 3.8) is 0 Å². The monoisotopic (exact) mass is 185 g/mol. The molecule has 0 aliphatic heterocycles. The Hall–Kier alpha value is -0.570. The lowest BCUT2D eigenvalue weighted by molar-refractivity contribution is -0.151. The molecule has 0 spiro atoms. The molecule has 3 nitrogen and oxygen atoms in total. The predicted octanol–water partition coefficient (Wildman–Crippen LogP) is 1.31. The average Bonchev–Trinajstić information content (AvgIpc) is 2.04. The molecule has 76 valence electrons. The number of carbonyl (C=O) groups excluding carboxylic acids is 1. The van der Waals surface area contributed by atoms with E-state index in [1.807, 2.05) is 6.92 Å². The molecule has 0 heterocycles. The van der Waals surface area contributed by atoms with Crippen molar-refractivity contribution in [1.29, 1.82) is 0 Å². The van der Waals surface area contributed by atoms with Gasteiger partial charge in [-0.05, 0) is 32.1 Å². The lowest BCUT2D eigenvalue weighted by Gasteiger charge is -2.30. The summed E-state index contributed by atoms with van der Waals surface area (Å²) in [5, 5.41) is 0.